The number of ether oxygens (including phenoxy) is 2. The summed E-state index contributed by atoms with van der Waals surface area (Å²) in [6, 6.07) is 14.4. The van der Waals surface area contributed by atoms with Gasteiger partial charge in [0.2, 0.25) is 0 Å². The summed E-state index contributed by atoms with van der Waals surface area (Å²) in [5.41, 5.74) is 2.91. The zero-order valence-electron chi connectivity index (χ0n) is 18.2. The highest BCUT2D eigenvalue weighted by molar-refractivity contribution is 6.32. The molecule has 0 aliphatic carbocycles. The molecule has 3 saturated heterocycles. The number of nitrogens with zero attached hydrogens (tertiary/aromatic N) is 2. The number of hydrogen-bond donors (Lipinski definition) is 0. The number of hydrogen-bond acceptors (Lipinski definition) is 6. The molecule has 0 bridgehead atoms. The number of likely N-dealkylation sites (tertiary alicyclic amines) is 1. The number of carbonyl (C=O) groups excluding carboxylic acids is 3. The normalized spacial score (nSPS) is 22.6. The van der Waals surface area contributed by atoms with Crippen LogP contribution in [0.2, 0.25) is 0 Å². The molecule has 0 saturated carbocycles. The average molecular weight is 452 g/mol. The molecule has 8 heteroatoms. The van der Waals surface area contributed by atoms with Crippen LogP contribution in [0.25, 0.3) is 0 Å². The second kappa shape index (κ2) is 8.59. The Morgan fingerprint density at radius 3 is 2.45 bits per heavy atom. The van der Waals surface area contributed by atoms with E-state index in [0.717, 1.165) is 49.3 Å². The maximum Gasteiger partial charge on any atom is 0.421 e. The van der Waals surface area contributed by atoms with Gasteiger partial charge >= 0.3 is 23.6 Å². The van der Waals surface area contributed by atoms with Gasteiger partial charge in [0.15, 0.2) is 0 Å². The van der Waals surface area contributed by atoms with Crippen LogP contribution < -0.4 is 4.90 Å². The summed E-state index contributed by atoms with van der Waals surface area (Å²) in [5, 5.41) is 0. The molecule has 3 aliphatic heterocycles. The highest BCUT2D eigenvalue weighted by atomic mass is 19.1. The van der Waals surface area contributed by atoms with E-state index in [2.05, 4.69) is 4.90 Å². The molecule has 0 radical (unpaired) electrons. The van der Waals surface area contributed by atoms with E-state index in [4.69, 9.17) is 9.47 Å². The molecule has 2 aromatic rings. The van der Waals surface area contributed by atoms with Crippen LogP contribution in [0.4, 0.5) is 10.1 Å². The van der Waals surface area contributed by atoms with Crippen molar-refractivity contribution in [2.24, 2.45) is 0 Å². The van der Waals surface area contributed by atoms with Crippen LogP contribution in [-0.4, -0.2) is 54.7 Å². The molecule has 1 amide bonds. The van der Waals surface area contributed by atoms with Crippen molar-refractivity contribution < 1.29 is 28.2 Å². The lowest BCUT2D eigenvalue weighted by atomic mass is 9.98. The first-order chi connectivity index (χ1) is 15.9. The van der Waals surface area contributed by atoms with Crippen molar-refractivity contribution in [3.63, 3.8) is 0 Å². The molecule has 1 spiro atoms. The Bertz CT molecular complexity index is 1070. The minimum Gasteiger partial charge on any atom is -0.405 e. The topological polar surface area (TPSA) is 76.2 Å². The molecular formula is C25H25FN2O5. The standard InChI is InChI=1S/C25H25FN2O5/c26-20-8-6-17(7-9-20)19-11-15-27(16-19)14-10-18-4-1-2-5-21(18)28-13-3-12-25(24(28)31)32-22(29)23(30)33-25/h1-2,4-9,19H,3,10-16H2. The van der Waals surface area contributed by atoms with E-state index in [1.165, 1.54) is 12.1 Å². The van der Waals surface area contributed by atoms with Gasteiger partial charge in [-0.3, -0.25) is 4.79 Å². The van der Waals surface area contributed by atoms with E-state index in [0.29, 0.717) is 18.9 Å². The van der Waals surface area contributed by atoms with Crippen LogP contribution in [0, 0.1) is 5.82 Å². The Morgan fingerprint density at radius 1 is 0.970 bits per heavy atom. The summed E-state index contributed by atoms with van der Waals surface area (Å²) in [6.45, 7) is 3.15. The largest absolute Gasteiger partial charge is 0.421 e. The Hall–Kier alpha value is -3.26. The lowest BCUT2D eigenvalue weighted by Gasteiger charge is -2.36. The predicted octanol–water partition coefficient (Wildman–Crippen LogP) is 2.78. The zero-order chi connectivity index (χ0) is 23.0. The number of amides is 1. The van der Waals surface area contributed by atoms with Gasteiger partial charge in [0.1, 0.15) is 5.82 Å². The fraction of sp³-hybridized carbons (Fsp3) is 0.400. The van der Waals surface area contributed by atoms with Crippen molar-refractivity contribution in [2.45, 2.75) is 37.4 Å². The van der Waals surface area contributed by atoms with Crippen molar-refractivity contribution >= 4 is 23.5 Å². The van der Waals surface area contributed by atoms with Gasteiger partial charge in [-0.05, 0) is 61.1 Å². The molecule has 0 aromatic heterocycles. The number of para-hydroxylation sites is 1. The van der Waals surface area contributed by atoms with Gasteiger partial charge in [0, 0.05) is 31.7 Å². The zero-order valence-corrected chi connectivity index (χ0v) is 18.2. The van der Waals surface area contributed by atoms with Crippen molar-refractivity contribution in [1.29, 1.82) is 0 Å². The van der Waals surface area contributed by atoms with Crippen molar-refractivity contribution in [1.82, 2.24) is 4.90 Å². The van der Waals surface area contributed by atoms with Gasteiger partial charge < -0.3 is 19.3 Å². The van der Waals surface area contributed by atoms with Gasteiger partial charge in [0.25, 0.3) is 0 Å². The fourth-order valence-electron chi connectivity index (χ4n) is 5.01. The van der Waals surface area contributed by atoms with Crippen LogP contribution in [-0.2, 0) is 30.3 Å². The fourth-order valence-corrected chi connectivity index (χ4v) is 5.01. The van der Waals surface area contributed by atoms with Gasteiger partial charge in [-0.2, -0.15) is 0 Å². The lowest BCUT2D eigenvalue weighted by Crippen LogP contribution is -2.55. The predicted molar refractivity (Wildman–Crippen MR) is 117 cm³/mol. The van der Waals surface area contributed by atoms with Crippen molar-refractivity contribution in [3.8, 4) is 0 Å². The van der Waals surface area contributed by atoms with Crippen LogP contribution in [0.3, 0.4) is 0 Å². The minimum atomic E-state index is -1.84. The number of carbonyl (C=O) groups is 3. The Kier molecular flexibility index (Phi) is 5.62. The molecule has 3 aliphatic rings. The number of piperidine rings is 1. The summed E-state index contributed by atoms with van der Waals surface area (Å²) >= 11 is 0. The number of esters is 2. The summed E-state index contributed by atoms with van der Waals surface area (Å²) in [6.07, 6.45) is 2.48. The molecule has 1 atom stereocenters. The van der Waals surface area contributed by atoms with Gasteiger partial charge in [-0.1, -0.05) is 30.3 Å². The second-order valence-electron chi connectivity index (χ2n) is 8.81. The van der Waals surface area contributed by atoms with E-state index >= 15 is 0 Å². The first kappa shape index (κ1) is 21.6. The highest BCUT2D eigenvalue weighted by Crippen LogP contribution is 2.36. The van der Waals surface area contributed by atoms with Crippen LogP contribution in [0.1, 0.15) is 36.3 Å². The maximum absolute atomic E-state index is 13.2. The molecule has 0 N–H and O–H groups in total. The first-order valence-electron chi connectivity index (χ1n) is 11.3. The second-order valence-corrected chi connectivity index (χ2v) is 8.81. The van der Waals surface area contributed by atoms with Gasteiger partial charge in [-0.25, -0.2) is 14.0 Å². The maximum atomic E-state index is 13.2. The molecule has 7 nitrogen and oxygen atoms in total. The van der Waals surface area contributed by atoms with E-state index in [1.54, 1.807) is 4.90 Å². The van der Waals surface area contributed by atoms with Gasteiger partial charge in [0.05, 0.1) is 0 Å². The van der Waals surface area contributed by atoms with Crippen LogP contribution in [0.5, 0.6) is 0 Å². The minimum absolute atomic E-state index is 0.167. The molecule has 5 rings (SSSR count). The molecular weight excluding hydrogens is 427 g/mol. The third kappa shape index (κ3) is 4.11. The first-order valence-corrected chi connectivity index (χ1v) is 11.3. The Labute approximate surface area is 191 Å². The van der Waals surface area contributed by atoms with Crippen molar-refractivity contribution in [3.05, 3.63) is 65.5 Å². The third-order valence-electron chi connectivity index (χ3n) is 6.73. The van der Waals surface area contributed by atoms with Gasteiger partial charge in [-0.15, -0.1) is 0 Å². The smallest absolute Gasteiger partial charge is 0.405 e. The quantitative estimate of drug-likeness (QED) is 0.513. The molecule has 3 fully saturated rings. The molecule has 3 heterocycles. The van der Waals surface area contributed by atoms with Crippen LogP contribution >= 0.6 is 0 Å². The monoisotopic (exact) mass is 452 g/mol. The SMILES string of the molecule is O=C1OC2(CCCN(c3ccccc3CCN3CCC(c4ccc(F)cc4)C3)C2=O)OC1=O. The van der Waals surface area contributed by atoms with E-state index in [-0.39, 0.29) is 12.2 Å². The summed E-state index contributed by atoms with van der Waals surface area (Å²) < 4.78 is 23.4. The summed E-state index contributed by atoms with van der Waals surface area (Å²) in [7, 11) is 0. The molecule has 172 valence electrons. The van der Waals surface area contributed by atoms with Crippen molar-refractivity contribution in [2.75, 3.05) is 31.1 Å². The Morgan fingerprint density at radius 2 is 1.70 bits per heavy atom. The number of rotatable bonds is 5. The molecule has 2 aromatic carbocycles. The Balaban J connectivity index is 1.27. The van der Waals surface area contributed by atoms with E-state index < -0.39 is 23.6 Å². The number of benzene rings is 2. The summed E-state index contributed by atoms with van der Waals surface area (Å²) in [4.78, 5) is 40.4. The number of halogens is 1. The number of anilines is 1. The molecule has 33 heavy (non-hydrogen) atoms. The molecule has 1 unspecified atom stereocenters. The van der Waals surface area contributed by atoms with Crippen LogP contribution in [0.15, 0.2) is 48.5 Å². The average Bonchev–Trinajstić information content (AvgIpc) is 3.40. The third-order valence-corrected chi connectivity index (χ3v) is 6.73. The summed E-state index contributed by atoms with van der Waals surface area (Å²) in [5.74, 6) is -4.43. The van der Waals surface area contributed by atoms with E-state index in [1.807, 2.05) is 36.4 Å². The lowest BCUT2D eigenvalue weighted by molar-refractivity contribution is -0.192. The highest BCUT2D eigenvalue weighted by Gasteiger charge is 2.58. The van der Waals surface area contributed by atoms with E-state index in [9.17, 15) is 18.8 Å².